The molecule has 1 saturated heterocycles. The third-order valence-electron chi connectivity index (χ3n) is 4.66. The van der Waals surface area contributed by atoms with Crippen molar-refractivity contribution in [1.29, 1.82) is 0 Å². The van der Waals surface area contributed by atoms with Crippen molar-refractivity contribution in [3.8, 4) is 0 Å². The summed E-state index contributed by atoms with van der Waals surface area (Å²) in [4.78, 5) is 15.8. The van der Waals surface area contributed by atoms with Gasteiger partial charge in [-0.25, -0.2) is 0 Å². The van der Waals surface area contributed by atoms with Crippen molar-refractivity contribution in [2.24, 2.45) is 0 Å². The van der Waals surface area contributed by atoms with Crippen LogP contribution in [0.5, 0.6) is 0 Å². The number of hydrogen-bond acceptors (Lipinski definition) is 6. The molecule has 0 atom stereocenters. The van der Waals surface area contributed by atoms with Gasteiger partial charge in [-0.1, -0.05) is 17.8 Å². The Bertz CT molecular complexity index is 815. The highest BCUT2D eigenvalue weighted by Gasteiger charge is 2.52. The molecule has 1 N–H and O–H groups in total. The molecule has 25 heavy (non-hydrogen) atoms. The molecule has 0 aromatic carbocycles. The molecule has 0 amide bonds. The Morgan fingerprint density at radius 2 is 1.96 bits per heavy atom. The van der Waals surface area contributed by atoms with Crippen LogP contribution in [-0.4, -0.2) is 44.4 Å². The highest BCUT2D eigenvalue weighted by Crippen LogP contribution is 2.39. The lowest BCUT2D eigenvalue weighted by Crippen LogP contribution is -2.41. The molecule has 1 aliphatic heterocycles. The van der Waals surface area contributed by atoms with Crippen LogP contribution in [0.3, 0.4) is 0 Å². The number of H-pyrrole nitrogens is 1. The number of carbonyl (C=O) groups is 1. The van der Waals surface area contributed by atoms with E-state index in [1.165, 1.54) is 11.8 Å². The number of pyridine rings is 1. The molecule has 2 aromatic heterocycles. The van der Waals surface area contributed by atoms with Crippen LogP contribution >= 0.6 is 11.8 Å². The number of nitrogens with zero attached hydrogens (tertiary/aromatic N) is 2. The summed E-state index contributed by atoms with van der Waals surface area (Å²) in [6, 6.07) is 1.97. The van der Waals surface area contributed by atoms with Gasteiger partial charge in [0.2, 0.25) is 0 Å². The fourth-order valence-corrected chi connectivity index (χ4v) is 3.09. The van der Waals surface area contributed by atoms with Crippen molar-refractivity contribution in [1.82, 2.24) is 15.2 Å². The highest BCUT2D eigenvalue weighted by atomic mass is 32.2. The normalized spacial score (nSPS) is 19.6. The predicted octanol–water partition coefficient (Wildman–Crippen LogP) is 3.25. The number of thioether (sulfide) groups is 1. The Morgan fingerprint density at radius 3 is 2.60 bits per heavy atom. The lowest BCUT2D eigenvalue weighted by Gasteiger charge is -2.32. The zero-order chi connectivity index (χ0) is 18.2. The van der Waals surface area contributed by atoms with E-state index in [1.807, 2.05) is 39.8 Å². The molecular weight excluding hydrogens is 337 g/mol. The van der Waals surface area contributed by atoms with E-state index in [4.69, 9.17) is 9.31 Å². The predicted molar refractivity (Wildman–Crippen MR) is 101 cm³/mol. The maximum absolute atomic E-state index is 11.4. The van der Waals surface area contributed by atoms with Gasteiger partial charge >= 0.3 is 7.12 Å². The van der Waals surface area contributed by atoms with E-state index in [0.29, 0.717) is 5.75 Å². The van der Waals surface area contributed by atoms with Crippen LogP contribution in [0.2, 0.25) is 0 Å². The molecule has 3 rings (SSSR count). The highest BCUT2D eigenvalue weighted by molar-refractivity contribution is 8.13. The number of aromatic nitrogens is 3. The Kier molecular flexibility index (Phi) is 4.79. The second-order valence-corrected chi connectivity index (χ2v) is 8.31. The molecule has 132 valence electrons. The number of fused-ring (bicyclic) bond motifs is 1. The number of rotatable bonds is 4. The fourth-order valence-electron chi connectivity index (χ4n) is 2.50. The number of hydrogen-bond donors (Lipinski definition) is 1. The topological polar surface area (TPSA) is 77.1 Å². The Balaban J connectivity index is 1.92. The Morgan fingerprint density at radius 1 is 1.28 bits per heavy atom. The van der Waals surface area contributed by atoms with Crippen LogP contribution in [0.4, 0.5) is 0 Å². The zero-order valence-corrected chi connectivity index (χ0v) is 15.9. The van der Waals surface area contributed by atoms with Gasteiger partial charge in [-0.3, -0.25) is 14.9 Å². The van der Waals surface area contributed by atoms with Gasteiger partial charge in [0.05, 0.1) is 22.9 Å². The van der Waals surface area contributed by atoms with Crippen molar-refractivity contribution < 1.29 is 14.1 Å². The van der Waals surface area contributed by atoms with Crippen molar-refractivity contribution in [3.05, 3.63) is 29.5 Å². The van der Waals surface area contributed by atoms with Gasteiger partial charge < -0.3 is 9.31 Å². The molecule has 0 saturated carbocycles. The minimum absolute atomic E-state index is 0.0598. The third kappa shape index (κ3) is 3.81. The van der Waals surface area contributed by atoms with E-state index >= 15 is 0 Å². The number of carbonyl (C=O) groups excluding carboxylic acids is 1. The van der Waals surface area contributed by atoms with E-state index in [0.717, 1.165) is 22.1 Å². The van der Waals surface area contributed by atoms with Gasteiger partial charge in [-0.2, -0.15) is 5.10 Å². The summed E-state index contributed by atoms with van der Waals surface area (Å²) >= 11 is 1.24. The van der Waals surface area contributed by atoms with Gasteiger partial charge in [-0.15, -0.1) is 0 Å². The van der Waals surface area contributed by atoms with Gasteiger partial charge in [0.25, 0.3) is 0 Å². The zero-order valence-electron chi connectivity index (χ0n) is 15.1. The smallest absolute Gasteiger partial charge is 0.400 e. The average molecular weight is 359 g/mol. The molecule has 3 heterocycles. The maximum atomic E-state index is 11.4. The summed E-state index contributed by atoms with van der Waals surface area (Å²) < 4.78 is 12.3. The SMILES string of the molecule is CC(=O)SCC(=Cc1cnc2cn[nH]c2c1)B1OC(C)(C)C(C)(C)O1. The molecule has 1 fully saturated rings. The quantitative estimate of drug-likeness (QED) is 0.845. The lowest BCUT2D eigenvalue weighted by atomic mass is 9.78. The standard InChI is InChI=1S/C17H22BN3O3S/c1-11(22)25-10-13(18-23-16(2,3)17(4,5)24-18)6-12-7-14-15(19-8-12)9-20-21-14/h6-9H,10H2,1-5H3,(H,20,21). The van der Waals surface area contributed by atoms with Crippen LogP contribution in [0.15, 0.2) is 23.9 Å². The molecule has 2 aromatic rings. The van der Waals surface area contributed by atoms with Gasteiger partial charge in [0.1, 0.15) is 5.52 Å². The average Bonchev–Trinajstić information content (AvgIpc) is 3.05. The minimum Gasteiger partial charge on any atom is -0.400 e. The summed E-state index contributed by atoms with van der Waals surface area (Å²) in [5.41, 5.74) is 2.63. The molecule has 0 spiro atoms. The Hall–Kier alpha value is -1.64. The molecule has 0 radical (unpaired) electrons. The summed E-state index contributed by atoms with van der Waals surface area (Å²) in [5.74, 6) is 0.507. The molecular formula is C17H22BN3O3S. The summed E-state index contributed by atoms with van der Waals surface area (Å²) in [6.07, 6.45) is 5.44. The summed E-state index contributed by atoms with van der Waals surface area (Å²) in [7, 11) is -0.491. The van der Waals surface area contributed by atoms with E-state index < -0.39 is 18.3 Å². The van der Waals surface area contributed by atoms with Gasteiger partial charge in [-0.05, 0) is 44.8 Å². The largest absolute Gasteiger partial charge is 0.491 e. The van der Waals surface area contributed by atoms with E-state index in [1.54, 1.807) is 19.3 Å². The van der Waals surface area contributed by atoms with E-state index in [9.17, 15) is 4.79 Å². The fraction of sp³-hybridized carbons (Fsp3) is 0.471. The van der Waals surface area contributed by atoms with Crippen molar-refractivity contribution >= 4 is 41.1 Å². The first-order valence-corrected chi connectivity index (χ1v) is 9.15. The first-order valence-electron chi connectivity index (χ1n) is 8.16. The van der Waals surface area contributed by atoms with Gasteiger partial charge in [0, 0.05) is 18.9 Å². The minimum atomic E-state index is -0.491. The first-order chi connectivity index (χ1) is 11.7. The first kappa shape index (κ1) is 18.2. The van der Waals surface area contributed by atoms with Crippen LogP contribution in [-0.2, 0) is 14.1 Å². The van der Waals surface area contributed by atoms with Crippen LogP contribution in [0.25, 0.3) is 17.1 Å². The Labute approximate surface area is 151 Å². The second kappa shape index (κ2) is 6.59. The van der Waals surface area contributed by atoms with Gasteiger partial charge in [0.15, 0.2) is 5.12 Å². The van der Waals surface area contributed by atoms with Crippen LogP contribution < -0.4 is 0 Å². The maximum Gasteiger partial charge on any atom is 0.491 e. The molecule has 1 aliphatic rings. The van der Waals surface area contributed by atoms with Crippen LogP contribution in [0, 0.1) is 0 Å². The summed E-state index contributed by atoms with van der Waals surface area (Å²) in [5, 5.41) is 6.97. The van der Waals surface area contributed by atoms with Crippen molar-refractivity contribution in [3.63, 3.8) is 0 Å². The molecule has 0 bridgehead atoms. The molecule has 0 unspecified atom stereocenters. The molecule has 0 aliphatic carbocycles. The van der Waals surface area contributed by atoms with Crippen molar-refractivity contribution in [2.75, 3.05) is 5.75 Å². The summed E-state index contributed by atoms with van der Waals surface area (Å²) in [6.45, 7) is 9.62. The van der Waals surface area contributed by atoms with E-state index in [2.05, 4.69) is 15.2 Å². The van der Waals surface area contributed by atoms with Crippen molar-refractivity contribution in [2.45, 2.75) is 45.8 Å². The lowest BCUT2D eigenvalue weighted by molar-refractivity contribution is -0.109. The third-order valence-corrected chi connectivity index (χ3v) is 5.55. The molecule has 8 heteroatoms. The van der Waals surface area contributed by atoms with E-state index in [-0.39, 0.29) is 5.12 Å². The molecule has 6 nitrogen and oxygen atoms in total. The second-order valence-electron chi connectivity index (χ2n) is 7.16. The van der Waals surface area contributed by atoms with Crippen LogP contribution in [0.1, 0.15) is 40.2 Å². The monoisotopic (exact) mass is 359 g/mol. The number of aromatic amines is 1. The number of nitrogens with one attached hydrogen (secondary N) is 1.